The number of methoxy groups -OCH3 is 1. The monoisotopic (exact) mass is 436 g/mol. The molecular formula is C26H29FN2O3. The molecule has 0 unspecified atom stereocenters. The standard InChI is InChI=1S/C26H29FN2O3/c1-28-17-14-29-22-13-16(26(30)31-2)11-12-19(22)24(18-7-3-5-9-21(18)27)25(29)20-8-4-6-10-23(20)32-15-17/h4,6,8,10-13,17-18,21,28H,3,5,7,9,14-15H2,1-2H3/t17-,18+,21-/m1/s1. The molecule has 0 bridgehead atoms. The second-order valence-corrected chi connectivity index (χ2v) is 8.80. The Kier molecular flexibility index (Phi) is 5.64. The molecule has 1 fully saturated rings. The van der Waals surface area contributed by atoms with Gasteiger partial charge in [0, 0.05) is 28.9 Å². The summed E-state index contributed by atoms with van der Waals surface area (Å²) in [5.74, 6) is 0.258. The Labute approximate surface area is 187 Å². The topological polar surface area (TPSA) is 52.5 Å². The number of hydrogen-bond donors (Lipinski definition) is 1. The number of alkyl halides is 1. The van der Waals surface area contributed by atoms with E-state index in [1.165, 1.54) is 7.11 Å². The highest BCUT2D eigenvalue weighted by Crippen LogP contribution is 2.47. The minimum atomic E-state index is -0.877. The first-order valence-electron chi connectivity index (χ1n) is 11.4. The summed E-state index contributed by atoms with van der Waals surface area (Å²) in [5, 5.41) is 4.35. The van der Waals surface area contributed by atoms with Crippen LogP contribution in [0.4, 0.5) is 4.39 Å². The fourth-order valence-electron chi connectivity index (χ4n) is 5.31. The van der Waals surface area contributed by atoms with E-state index in [4.69, 9.17) is 9.47 Å². The van der Waals surface area contributed by atoms with Crippen molar-refractivity contribution >= 4 is 16.9 Å². The lowest BCUT2D eigenvalue weighted by Gasteiger charge is -2.29. The van der Waals surface area contributed by atoms with Crippen LogP contribution in [-0.4, -0.2) is 43.5 Å². The van der Waals surface area contributed by atoms with E-state index in [0.717, 1.165) is 52.7 Å². The fraction of sp³-hybridized carbons (Fsp3) is 0.423. The van der Waals surface area contributed by atoms with Crippen LogP contribution in [-0.2, 0) is 11.3 Å². The van der Waals surface area contributed by atoms with Crippen molar-refractivity contribution in [3.05, 3.63) is 53.6 Å². The zero-order valence-electron chi connectivity index (χ0n) is 18.6. The van der Waals surface area contributed by atoms with Crippen LogP contribution >= 0.6 is 0 Å². The van der Waals surface area contributed by atoms with E-state index in [2.05, 4.69) is 16.0 Å². The number of carbonyl (C=O) groups excluding carboxylic acids is 1. The van der Waals surface area contributed by atoms with Gasteiger partial charge in [0.2, 0.25) is 0 Å². The van der Waals surface area contributed by atoms with Gasteiger partial charge in [-0.25, -0.2) is 9.18 Å². The highest BCUT2D eigenvalue weighted by Gasteiger charge is 2.34. The van der Waals surface area contributed by atoms with E-state index in [1.807, 2.05) is 37.4 Å². The fourth-order valence-corrected chi connectivity index (χ4v) is 5.31. The van der Waals surface area contributed by atoms with Gasteiger partial charge in [-0.1, -0.05) is 31.0 Å². The van der Waals surface area contributed by atoms with Crippen molar-refractivity contribution in [3.8, 4) is 17.0 Å². The van der Waals surface area contributed by atoms with Crippen molar-refractivity contribution in [2.45, 2.75) is 50.4 Å². The zero-order valence-corrected chi connectivity index (χ0v) is 18.6. The maximum Gasteiger partial charge on any atom is 0.337 e. The van der Waals surface area contributed by atoms with Gasteiger partial charge in [-0.3, -0.25) is 0 Å². The van der Waals surface area contributed by atoms with E-state index in [0.29, 0.717) is 25.1 Å². The largest absolute Gasteiger partial charge is 0.491 e. The Morgan fingerprint density at radius 3 is 2.78 bits per heavy atom. The van der Waals surface area contributed by atoms with E-state index >= 15 is 4.39 Å². The third-order valence-electron chi connectivity index (χ3n) is 6.97. The van der Waals surface area contributed by atoms with E-state index in [1.54, 1.807) is 6.07 Å². The van der Waals surface area contributed by atoms with Crippen LogP contribution in [0, 0.1) is 0 Å². The molecular weight excluding hydrogens is 407 g/mol. The number of para-hydroxylation sites is 1. The Balaban J connectivity index is 1.84. The SMILES string of the molecule is CN[C@H]1COc2ccccc2-c2c([C@H]3CCCC[C@H]3F)c3ccc(C(=O)OC)cc3n2C1. The second-order valence-electron chi connectivity index (χ2n) is 8.80. The van der Waals surface area contributed by atoms with Crippen molar-refractivity contribution in [2.75, 3.05) is 20.8 Å². The van der Waals surface area contributed by atoms with E-state index in [9.17, 15) is 4.79 Å². The third kappa shape index (κ3) is 3.47. The average Bonchev–Trinajstić information content (AvgIpc) is 3.12. The molecule has 0 radical (unpaired) electrons. The summed E-state index contributed by atoms with van der Waals surface area (Å²) in [5.41, 5.74) is 4.46. The summed E-state index contributed by atoms with van der Waals surface area (Å²) in [6.45, 7) is 1.18. The molecule has 2 aliphatic rings. The van der Waals surface area contributed by atoms with Crippen molar-refractivity contribution in [3.63, 3.8) is 0 Å². The molecule has 3 aromatic rings. The van der Waals surface area contributed by atoms with Gasteiger partial charge in [0.25, 0.3) is 0 Å². The number of hydrogen-bond acceptors (Lipinski definition) is 4. The molecule has 0 saturated heterocycles. The molecule has 2 aromatic carbocycles. The smallest absolute Gasteiger partial charge is 0.337 e. The van der Waals surface area contributed by atoms with Gasteiger partial charge in [0.1, 0.15) is 18.5 Å². The van der Waals surface area contributed by atoms with Gasteiger partial charge < -0.3 is 19.4 Å². The van der Waals surface area contributed by atoms with Gasteiger partial charge in [0.15, 0.2) is 0 Å². The molecule has 1 aliphatic heterocycles. The first kappa shape index (κ1) is 21.0. The highest BCUT2D eigenvalue weighted by atomic mass is 19.1. The Morgan fingerprint density at radius 1 is 1.19 bits per heavy atom. The molecule has 1 saturated carbocycles. The number of fused-ring (bicyclic) bond motifs is 5. The summed E-state index contributed by atoms with van der Waals surface area (Å²) >= 11 is 0. The third-order valence-corrected chi connectivity index (χ3v) is 6.97. The highest BCUT2D eigenvalue weighted by molar-refractivity contribution is 5.99. The first-order chi connectivity index (χ1) is 15.6. The maximum absolute atomic E-state index is 15.3. The number of rotatable bonds is 3. The summed E-state index contributed by atoms with van der Waals surface area (Å²) < 4.78 is 28.8. The molecule has 0 spiro atoms. The summed E-state index contributed by atoms with van der Waals surface area (Å²) in [4.78, 5) is 12.3. The molecule has 5 rings (SSSR count). The van der Waals surface area contributed by atoms with Crippen molar-refractivity contribution < 1.29 is 18.7 Å². The van der Waals surface area contributed by atoms with Crippen LogP contribution in [0.15, 0.2) is 42.5 Å². The number of aromatic nitrogens is 1. The van der Waals surface area contributed by atoms with Crippen LogP contribution in [0.3, 0.4) is 0 Å². The first-order valence-corrected chi connectivity index (χ1v) is 11.4. The molecule has 1 aliphatic carbocycles. The normalized spacial score (nSPS) is 22.9. The summed E-state index contributed by atoms with van der Waals surface area (Å²) in [6, 6.07) is 13.7. The Morgan fingerprint density at radius 2 is 2.00 bits per heavy atom. The van der Waals surface area contributed by atoms with Gasteiger partial charge in [-0.15, -0.1) is 0 Å². The minimum Gasteiger partial charge on any atom is -0.491 e. The number of halogens is 1. The van der Waals surface area contributed by atoms with Gasteiger partial charge >= 0.3 is 5.97 Å². The molecule has 3 atom stereocenters. The maximum atomic E-state index is 15.3. The van der Waals surface area contributed by atoms with Crippen molar-refractivity contribution in [2.24, 2.45) is 0 Å². The quantitative estimate of drug-likeness (QED) is 0.583. The average molecular weight is 437 g/mol. The molecule has 0 amide bonds. The summed E-state index contributed by atoms with van der Waals surface area (Å²) in [6.07, 6.45) is 2.49. The van der Waals surface area contributed by atoms with Crippen LogP contribution in [0.2, 0.25) is 0 Å². The zero-order chi connectivity index (χ0) is 22.2. The van der Waals surface area contributed by atoms with Crippen molar-refractivity contribution in [1.82, 2.24) is 9.88 Å². The lowest BCUT2D eigenvalue weighted by molar-refractivity contribution is 0.0601. The molecule has 1 aromatic heterocycles. The number of ether oxygens (including phenoxy) is 2. The number of carbonyl (C=O) groups is 1. The number of benzene rings is 2. The van der Waals surface area contributed by atoms with Gasteiger partial charge in [-0.05, 0) is 49.7 Å². The Hall–Kier alpha value is -2.86. The molecule has 2 heterocycles. The van der Waals surface area contributed by atoms with Gasteiger partial charge in [-0.2, -0.15) is 0 Å². The van der Waals surface area contributed by atoms with Gasteiger partial charge in [0.05, 0.1) is 24.4 Å². The number of esters is 1. The van der Waals surface area contributed by atoms with Crippen LogP contribution in [0.5, 0.6) is 5.75 Å². The number of nitrogens with one attached hydrogen (secondary N) is 1. The molecule has 168 valence electrons. The van der Waals surface area contributed by atoms with Crippen LogP contribution in [0.25, 0.3) is 22.2 Å². The Bertz CT molecular complexity index is 1160. The van der Waals surface area contributed by atoms with E-state index in [-0.39, 0.29) is 17.9 Å². The lowest BCUT2D eigenvalue weighted by Crippen LogP contribution is -2.37. The lowest BCUT2D eigenvalue weighted by atomic mass is 9.80. The van der Waals surface area contributed by atoms with Crippen LogP contribution < -0.4 is 10.1 Å². The van der Waals surface area contributed by atoms with Crippen LogP contribution in [0.1, 0.15) is 47.5 Å². The minimum absolute atomic E-state index is 0.0693. The predicted molar refractivity (Wildman–Crippen MR) is 123 cm³/mol. The summed E-state index contributed by atoms with van der Waals surface area (Å²) in [7, 11) is 3.31. The second kappa shape index (κ2) is 8.58. The molecule has 5 nitrogen and oxygen atoms in total. The molecule has 32 heavy (non-hydrogen) atoms. The predicted octanol–water partition coefficient (Wildman–Crippen LogP) is 5.07. The number of likely N-dealkylation sites (N-methyl/N-ethyl adjacent to an activating group) is 1. The molecule has 1 N–H and O–H groups in total. The number of nitrogens with zero attached hydrogens (tertiary/aromatic N) is 1. The van der Waals surface area contributed by atoms with E-state index < -0.39 is 6.17 Å². The van der Waals surface area contributed by atoms with Crippen molar-refractivity contribution in [1.29, 1.82) is 0 Å². The molecule has 6 heteroatoms.